The molecule has 1 aromatic carbocycles. The van der Waals surface area contributed by atoms with Crippen LogP contribution in [0.5, 0.6) is 0 Å². The zero-order valence-electron chi connectivity index (χ0n) is 12.6. The van der Waals surface area contributed by atoms with Gasteiger partial charge in [0.05, 0.1) is 16.8 Å². The third-order valence-electron chi connectivity index (χ3n) is 4.36. The third kappa shape index (κ3) is 3.50. The van der Waals surface area contributed by atoms with E-state index < -0.39 is 9.84 Å². The minimum atomic E-state index is -3.34. The lowest BCUT2D eigenvalue weighted by atomic mass is 10.3. The maximum atomic E-state index is 12.3. The quantitative estimate of drug-likeness (QED) is 0.902. The molecule has 6 heteroatoms. The number of nitrogens with one attached hydrogen (secondary N) is 1. The smallest absolute Gasteiger partial charge is 0.227 e. The Labute approximate surface area is 131 Å². The highest BCUT2D eigenvalue weighted by Crippen LogP contribution is 2.38. The molecule has 1 aliphatic carbocycles. The molecule has 1 aromatic rings. The Morgan fingerprint density at radius 3 is 2.55 bits per heavy atom. The molecule has 3 atom stereocenters. The van der Waals surface area contributed by atoms with Gasteiger partial charge in [-0.25, -0.2) is 8.42 Å². The fourth-order valence-corrected chi connectivity index (χ4v) is 4.28. The van der Waals surface area contributed by atoms with Gasteiger partial charge in [-0.2, -0.15) is 0 Å². The van der Waals surface area contributed by atoms with Crippen molar-refractivity contribution in [2.75, 3.05) is 17.7 Å². The normalized spacial score (nSPS) is 27.6. The number of rotatable bonds is 5. The second-order valence-corrected chi connectivity index (χ2v) is 8.28. The van der Waals surface area contributed by atoms with Gasteiger partial charge >= 0.3 is 0 Å². The molecule has 1 N–H and O–H groups in total. The summed E-state index contributed by atoms with van der Waals surface area (Å²) in [5.74, 6) is 0.592. The van der Waals surface area contributed by atoms with Crippen LogP contribution in [0.2, 0.25) is 0 Å². The number of ether oxygens (including phenoxy) is 1. The highest BCUT2D eigenvalue weighted by atomic mass is 32.2. The van der Waals surface area contributed by atoms with Gasteiger partial charge in [0.25, 0.3) is 0 Å². The van der Waals surface area contributed by atoms with Gasteiger partial charge in [0, 0.05) is 18.2 Å². The van der Waals surface area contributed by atoms with Crippen LogP contribution in [-0.2, 0) is 19.4 Å². The maximum absolute atomic E-state index is 12.3. The number of hydrogen-bond donors (Lipinski definition) is 1. The fraction of sp³-hybridized carbons (Fsp3) is 0.562. The van der Waals surface area contributed by atoms with Gasteiger partial charge < -0.3 is 10.1 Å². The number of hydrogen-bond acceptors (Lipinski definition) is 4. The number of sulfone groups is 1. The van der Waals surface area contributed by atoms with Crippen molar-refractivity contribution in [2.24, 2.45) is 11.8 Å². The highest BCUT2D eigenvalue weighted by molar-refractivity contribution is 7.91. The predicted octanol–water partition coefficient (Wildman–Crippen LogP) is 2.23. The van der Waals surface area contributed by atoms with Crippen LogP contribution in [0.1, 0.15) is 26.2 Å². The van der Waals surface area contributed by atoms with E-state index in [1.807, 2.05) is 6.92 Å². The predicted molar refractivity (Wildman–Crippen MR) is 83.4 cm³/mol. The Hall–Kier alpha value is -1.40. The molecule has 0 spiro atoms. The van der Waals surface area contributed by atoms with Gasteiger partial charge in [-0.15, -0.1) is 0 Å². The van der Waals surface area contributed by atoms with E-state index >= 15 is 0 Å². The summed E-state index contributed by atoms with van der Waals surface area (Å²) in [5, 5.41) is 2.83. The molecular weight excluding hydrogens is 302 g/mol. The Morgan fingerprint density at radius 2 is 2.00 bits per heavy atom. The fourth-order valence-electron chi connectivity index (χ4n) is 2.78. The van der Waals surface area contributed by atoms with Crippen LogP contribution < -0.4 is 5.32 Å². The van der Waals surface area contributed by atoms with Crippen LogP contribution in [0.15, 0.2) is 29.2 Å². The minimum Gasteiger partial charge on any atom is -0.377 e. The SMILES string of the molecule is C[C@@H]1C[C@H]1C(=O)Nc1ccc(S(=O)(=O)C[C@H]2CCCO2)cc1. The standard InChI is InChI=1S/C16H21NO4S/c1-11-9-15(11)16(18)17-12-4-6-14(7-5-12)22(19,20)10-13-3-2-8-21-13/h4-7,11,13,15H,2-3,8-10H2,1H3,(H,17,18)/t11-,13-,15-/m1/s1. The number of carbonyl (C=O) groups is 1. The molecule has 1 heterocycles. The van der Waals surface area contributed by atoms with Crippen molar-refractivity contribution in [2.45, 2.75) is 37.2 Å². The first-order valence-corrected chi connectivity index (χ1v) is 9.36. The molecule has 3 rings (SSSR count). The molecule has 0 bridgehead atoms. The van der Waals surface area contributed by atoms with Crippen molar-refractivity contribution in [3.63, 3.8) is 0 Å². The lowest BCUT2D eigenvalue weighted by molar-refractivity contribution is -0.117. The zero-order chi connectivity index (χ0) is 15.7. The van der Waals surface area contributed by atoms with Gasteiger partial charge in [-0.1, -0.05) is 6.92 Å². The Kier molecular flexibility index (Phi) is 4.23. The zero-order valence-corrected chi connectivity index (χ0v) is 13.4. The Morgan fingerprint density at radius 1 is 1.32 bits per heavy atom. The number of amides is 1. The molecule has 1 aliphatic heterocycles. The van der Waals surface area contributed by atoms with Crippen molar-refractivity contribution in [1.29, 1.82) is 0 Å². The largest absolute Gasteiger partial charge is 0.377 e. The van der Waals surface area contributed by atoms with Crippen molar-refractivity contribution in [3.8, 4) is 0 Å². The van der Waals surface area contributed by atoms with Crippen molar-refractivity contribution in [3.05, 3.63) is 24.3 Å². The highest BCUT2D eigenvalue weighted by Gasteiger charge is 2.39. The van der Waals surface area contributed by atoms with E-state index in [0.717, 1.165) is 19.3 Å². The first-order chi connectivity index (χ1) is 10.5. The molecule has 2 fully saturated rings. The number of anilines is 1. The van der Waals surface area contributed by atoms with Crippen LogP contribution in [-0.4, -0.2) is 32.8 Å². The summed E-state index contributed by atoms with van der Waals surface area (Å²) in [4.78, 5) is 12.1. The van der Waals surface area contributed by atoms with Crippen LogP contribution in [0.3, 0.4) is 0 Å². The Balaban J connectivity index is 1.64. The summed E-state index contributed by atoms with van der Waals surface area (Å²) in [6.45, 7) is 2.69. The van der Waals surface area contributed by atoms with Crippen molar-refractivity contribution < 1.29 is 17.9 Å². The van der Waals surface area contributed by atoms with Crippen LogP contribution in [0.4, 0.5) is 5.69 Å². The van der Waals surface area contributed by atoms with E-state index in [9.17, 15) is 13.2 Å². The molecular formula is C16H21NO4S. The molecule has 0 radical (unpaired) electrons. The molecule has 1 saturated heterocycles. The van der Waals surface area contributed by atoms with E-state index in [0.29, 0.717) is 18.2 Å². The van der Waals surface area contributed by atoms with E-state index in [1.165, 1.54) is 0 Å². The molecule has 1 amide bonds. The second-order valence-electron chi connectivity index (χ2n) is 6.25. The molecule has 2 aliphatic rings. The summed E-state index contributed by atoms with van der Waals surface area (Å²) in [6, 6.07) is 6.40. The summed E-state index contributed by atoms with van der Waals surface area (Å²) < 4.78 is 30.0. The number of benzene rings is 1. The molecule has 0 aromatic heterocycles. The van der Waals surface area contributed by atoms with Crippen LogP contribution in [0.25, 0.3) is 0 Å². The van der Waals surface area contributed by atoms with Crippen molar-refractivity contribution >= 4 is 21.4 Å². The molecule has 120 valence electrons. The lowest BCUT2D eigenvalue weighted by Crippen LogP contribution is -2.20. The summed E-state index contributed by atoms with van der Waals surface area (Å²) in [7, 11) is -3.34. The topological polar surface area (TPSA) is 72.5 Å². The monoisotopic (exact) mass is 323 g/mol. The van der Waals surface area contributed by atoms with E-state index in [-0.39, 0.29) is 28.6 Å². The number of carbonyl (C=O) groups excluding carboxylic acids is 1. The average molecular weight is 323 g/mol. The van der Waals surface area contributed by atoms with Crippen molar-refractivity contribution in [1.82, 2.24) is 0 Å². The first-order valence-electron chi connectivity index (χ1n) is 7.71. The van der Waals surface area contributed by atoms with E-state index in [2.05, 4.69) is 5.32 Å². The van der Waals surface area contributed by atoms with Gasteiger partial charge in [0.15, 0.2) is 9.84 Å². The third-order valence-corrected chi connectivity index (χ3v) is 6.16. The van der Waals surface area contributed by atoms with Crippen LogP contribution in [0, 0.1) is 11.8 Å². The summed E-state index contributed by atoms with van der Waals surface area (Å²) >= 11 is 0. The lowest BCUT2D eigenvalue weighted by Gasteiger charge is -2.11. The molecule has 22 heavy (non-hydrogen) atoms. The van der Waals surface area contributed by atoms with E-state index in [1.54, 1.807) is 24.3 Å². The van der Waals surface area contributed by atoms with Gasteiger partial charge in [-0.3, -0.25) is 4.79 Å². The van der Waals surface area contributed by atoms with Gasteiger partial charge in [0.1, 0.15) is 0 Å². The maximum Gasteiger partial charge on any atom is 0.227 e. The van der Waals surface area contributed by atoms with Gasteiger partial charge in [-0.05, 0) is 49.4 Å². The first kappa shape index (κ1) is 15.5. The molecule has 5 nitrogen and oxygen atoms in total. The molecule has 1 saturated carbocycles. The molecule has 0 unspecified atom stereocenters. The van der Waals surface area contributed by atoms with Crippen LogP contribution >= 0.6 is 0 Å². The summed E-state index contributed by atoms with van der Waals surface area (Å²) in [6.07, 6.45) is 2.46. The summed E-state index contributed by atoms with van der Waals surface area (Å²) in [5.41, 5.74) is 0.639. The minimum absolute atomic E-state index is 0.0162. The van der Waals surface area contributed by atoms with Gasteiger partial charge in [0.2, 0.25) is 5.91 Å². The Bertz CT molecular complexity index is 647. The average Bonchev–Trinajstić information content (AvgIpc) is 2.99. The second kappa shape index (κ2) is 6.01. The van der Waals surface area contributed by atoms with E-state index in [4.69, 9.17) is 4.74 Å².